The summed E-state index contributed by atoms with van der Waals surface area (Å²) in [6.07, 6.45) is 3.90. The van der Waals surface area contributed by atoms with Crippen LogP contribution >= 0.6 is 0 Å². The van der Waals surface area contributed by atoms with E-state index in [-0.39, 0.29) is 0 Å². The average molecular weight is 306 g/mol. The van der Waals surface area contributed by atoms with Gasteiger partial charge in [-0.05, 0) is 11.1 Å². The summed E-state index contributed by atoms with van der Waals surface area (Å²) in [4.78, 5) is 16.5. The molecule has 1 amide bonds. The molecule has 2 N–H and O–H groups in total. The van der Waals surface area contributed by atoms with E-state index >= 15 is 0 Å². The second-order valence-corrected chi connectivity index (χ2v) is 5.56. The lowest BCUT2D eigenvalue weighted by Crippen LogP contribution is -2.50. The fourth-order valence-corrected chi connectivity index (χ4v) is 2.81. The largest absolute Gasteiger partial charge is 0.368 e. The fraction of sp³-hybridized carbons (Fsp3) is 0.167. The SMILES string of the molecule is NC(=O)C(Cc1ccccc1)(Cc1ccccc1)n1cncn1. The van der Waals surface area contributed by atoms with Crippen LogP contribution in [-0.2, 0) is 23.2 Å². The van der Waals surface area contributed by atoms with E-state index in [0.717, 1.165) is 11.1 Å². The number of hydrogen-bond donors (Lipinski definition) is 1. The third-order valence-corrected chi connectivity index (χ3v) is 3.99. The van der Waals surface area contributed by atoms with Crippen LogP contribution in [0.3, 0.4) is 0 Å². The molecular formula is C18H18N4O. The molecule has 0 radical (unpaired) electrons. The zero-order valence-corrected chi connectivity index (χ0v) is 12.7. The highest BCUT2D eigenvalue weighted by Gasteiger charge is 2.40. The molecule has 0 fully saturated rings. The third-order valence-electron chi connectivity index (χ3n) is 3.99. The number of amides is 1. The van der Waals surface area contributed by atoms with Crippen LogP contribution in [0.4, 0.5) is 0 Å². The smallest absolute Gasteiger partial charge is 0.246 e. The first kappa shape index (κ1) is 15.0. The Kier molecular flexibility index (Phi) is 4.19. The maximum atomic E-state index is 12.5. The molecule has 2 aromatic carbocycles. The minimum Gasteiger partial charge on any atom is -0.368 e. The molecule has 0 aliphatic carbocycles. The molecule has 3 rings (SSSR count). The first-order valence-corrected chi connectivity index (χ1v) is 7.43. The normalized spacial score (nSPS) is 11.3. The summed E-state index contributed by atoms with van der Waals surface area (Å²) >= 11 is 0. The van der Waals surface area contributed by atoms with Crippen LogP contribution in [0.15, 0.2) is 73.3 Å². The summed E-state index contributed by atoms with van der Waals surface area (Å²) in [7, 11) is 0. The number of nitrogens with two attached hydrogens (primary N) is 1. The van der Waals surface area contributed by atoms with Gasteiger partial charge in [0.15, 0.2) is 5.54 Å². The van der Waals surface area contributed by atoms with Crippen molar-refractivity contribution in [1.82, 2.24) is 14.8 Å². The maximum Gasteiger partial charge on any atom is 0.246 e. The van der Waals surface area contributed by atoms with Crippen LogP contribution in [0.1, 0.15) is 11.1 Å². The lowest BCUT2D eigenvalue weighted by atomic mass is 9.84. The predicted octanol–water partition coefficient (Wildman–Crippen LogP) is 1.94. The van der Waals surface area contributed by atoms with Gasteiger partial charge in [-0.3, -0.25) is 4.79 Å². The molecule has 116 valence electrons. The van der Waals surface area contributed by atoms with Crippen molar-refractivity contribution in [1.29, 1.82) is 0 Å². The Bertz CT molecular complexity index is 713. The van der Waals surface area contributed by atoms with Gasteiger partial charge >= 0.3 is 0 Å². The highest BCUT2D eigenvalue weighted by molar-refractivity contribution is 5.83. The Morgan fingerprint density at radius 3 is 1.87 bits per heavy atom. The fourth-order valence-electron chi connectivity index (χ4n) is 2.81. The summed E-state index contributed by atoms with van der Waals surface area (Å²) in [5, 5.41) is 4.21. The molecule has 0 spiro atoms. The molecule has 0 aliphatic heterocycles. The Morgan fingerprint density at radius 2 is 1.48 bits per heavy atom. The quantitative estimate of drug-likeness (QED) is 0.756. The summed E-state index contributed by atoms with van der Waals surface area (Å²) < 4.78 is 1.58. The van der Waals surface area contributed by atoms with Gasteiger partial charge in [0.05, 0.1) is 0 Å². The highest BCUT2D eigenvalue weighted by Crippen LogP contribution is 2.26. The minimum atomic E-state index is -0.987. The van der Waals surface area contributed by atoms with Crippen LogP contribution in [0.5, 0.6) is 0 Å². The van der Waals surface area contributed by atoms with Crippen molar-refractivity contribution in [2.45, 2.75) is 18.4 Å². The van der Waals surface area contributed by atoms with Gasteiger partial charge in [0.2, 0.25) is 5.91 Å². The summed E-state index contributed by atoms with van der Waals surface area (Å²) in [5.41, 5.74) is 6.90. The molecule has 5 nitrogen and oxygen atoms in total. The molecule has 0 saturated heterocycles. The third kappa shape index (κ3) is 3.13. The van der Waals surface area contributed by atoms with E-state index in [2.05, 4.69) is 10.1 Å². The molecule has 1 aromatic heterocycles. The van der Waals surface area contributed by atoms with E-state index in [1.165, 1.54) is 6.33 Å². The zero-order chi connectivity index (χ0) is 16.1. The monoisotopic (exact) mass is 306 g/mol. The second kappa shape index (κ2) is 6.44. The van der Waals surface area contributed by atoms with Crippen molar-refractivity contribution in [3.63, 3.8) is 0 Å². The Hall–Kier alpha value is -2.95. The van der Waals surface area contributed by atoms with Crippen molar-refractivity contribution in [3.8, 4) is 0 Å². The number of carbonyl (C=O) groups excluding carboxylic acids is 1. The first-order valence-electron chi connectivity index (χ1n) is 7.43. The molecule has 0 atom stereocenters. The van der Waals surface area contributed by atoms with Gasteiger partial charge in [-0.2, -0.15) is 5.10 Å². The lowest BCUT2D eigenvalue weighted by Gasteiger charge is -2.31. The Morgan fingerprint density at radius 1 is 0.957 bits per heavy atom. The van der Waals surface area contributed by atoms with Crippen molar-refractivity contribution in [2.24, 2.45) is 5.73 Å². The Balaban J connectivity index is 2.05. The van der Waals surface area contributed by atoms with Crippen molar-refractivity contribution >= 4 is 5.91 Å². The van der Waals surface area contributed by atoms with E-state index < -0.39 is 11.4 Å². The van der Waals surface area contributed by atoms with Crippen LogP contribution in [0.2, 0.25) is 0 Å². The van der Waals surface area contributed by atoms with Crippen LogP contribution < -0.4 is 5.73 Å². The number of hydrogen-bond acceptors (Lipinski definition) is 3. The van der Waals surface area contributed by atoms with E-state index in [0.29, 0.717) is 12.8 Å². The van der Waals surface area contributed by atoms with Crippen LogP contribution in [0.25, 0.3) is 0 Å². The van der Waals surface area contributed by atoms with E-state index in [1.807, 2.05) is 60.7 Å². The van der Waals surface area contributed by atoms with Gasteiger partial charge in [0.25, 0.3) is 0 Å². The summed E-state index contributed by atoms with van der Waals surface area (Å²) in [6, 6.07) is 19.6. The molecule has 5 heteroatoms. The standard InChI is InChI=1S/C18H18N4O/c19-17(23)18(22-14-20-13-21-22,11-15-7-3-1-4-8-15)12-16-9-5-2-6-10-16/h1-10,13-14H,11-12H2,(H2,19,23). The van der Waals surface area contributed by atoms with Gasteiger partial charge in [-0.1, -0.05) is 60.7 Å². The van der Waals surface area contributed by atoms with E-state index in [9.17, 15) is 4.79 Å². The molecule has 0 saturated carbocycles. The summed E-state index contributed by atoms with van der Waals surface area (Å²) in [5.74, 6) is -0.421. The molecule has 3 aromatic rings. The van der Waals surface area contributed by atoms with Crippen molar-refractivity contribution in [2.75, 3.05) is 0 Å². The maximum absolute atomic E-state index is 12.5. The average Bonchev–Trinajstić information content (AvgIpc) is 3.11. The van der Waals surface area contributed by atoms with Gasteiger partial charge in [0.1, 0.15) is 12.7 Å². The summed E-state index contributed by atoms with van der Waals surface area (Å²) in [6.45, 7) is 0. The molecule has 23 heavy (non-hydrogen) atoms. The minimum absolute atomic E-state index is 0.421. The van der Waals surface area contributed by atoms with Gasteiger partial charge in [-0.15, -0.1) is 0 Å². The topological polar surface area (TPSA) is 73.8 Å². The second-order valence-electron chi connectivity index (χ2n) is 5.56. The number of carbonyl (C=O) groups is 1. The first-order chi connectivity index (χ1) is 11.2. The molecule has 0 bridgehead atoms. The van der Waals surface area contributed by atoms with Crippen molar-refractivity contribution < 1.29 is 4.79 Å². The number of nitrogens with zero attached hydrogens (tertiary/aromatic N) is 3. The molecular weight excluding hydrogens is 288 g/mol. The number of benzene rings is 2. The predicted molar refractivity (Wildman–Crippen MR) is 87.5 cm³/mol. The van der Waals surface area contributed by atoms with Crippen LogP contribution in [0, 0.1) is 0 Å². The van der Waals surface area contributed by atoms with Gasteiger partial charge in [0, 0.05) is 12.8 Å². The number of aromatic nitrogens is 3. The zero-order valence-electron chi connectivity index (χ0n) is 12.7. The molecule has 0 aliphatic rings. The van der Waals surface area contributed by atoms with Gasteiger partial charge in [-0.25, -0.2) is 9.67 Å². The van der Waals surface area contributed by atoms with Crippen LogP contribution in [-0.4, -0.2) is 20.7 Å². The van der Waals surface area contributed by atoms with E-state index in [1.54, 1.807) is 11.0 Å². The Labute approximate surface area is 134 Å². The molecule has 0 unspecified atom stereocenters. The highest BCUT2D eigenvalue weighted by atomic mass is 16.1. The lowest BCUT2D eigenvalue weighted by molar-refractivity contribution is -0.127. The van der Waals surface area contributed by atoms with E-state index in [4.69, 9.17) is 5.73 Å². The van der Waals surface area contributed by atoms with Gasteiger partial charge < -0.3 is 5.73 Å². The number of primary amides is 1. The molecule has 1 heterocycles. The number of rotatable bonds is 6. The van der Waals surface area contributed by atoms with Crippen molar-refractivity contribution in [3.05, 3.63) is 84.4 Å².